The summed E-state index contributed by atoms with van der Waals surface area (Å²) < 4.78 is 17.8. The van der Waals surface area contributed by atoms with Gasteiger partial charge in [-0.2, -0.15) is 0 Å². The average Bonchev–Trinajstić information content (AvgIpc) is 2.83. The van der Waals surface area contributed by atoms with Crippen molar-refractivity contribution in [2.24, 2.45) is 0 Å². The number of hydrogen-bond acceptors (Lipinski definition) is 3. The number of esters is 1. The lowest BCUT2D eigenvalue weighted by atomic mass is 10.1. The van der Waals surface area contributed by atoms with E-state index in [0.29, 0.717) is 13.0 Å². The van der Waals surface area contributed by atoms with Gasteiger partial charge in [-0.05, 0) is 68.1 Å². The standard InChI is InChI=1S/C29H38FNO2/c1-2-33-29(32)23-18-26-16-21-28(22-17-26)31-24-12-10-8-6-4-3-5-7-9-11-13-25-14-19-27(30)20-15-25/h14-17,19-22,31H,2-10,12,18,23-24H2,1H3. The maximum atomic E-state index is 12.8. The van der Waals surface area contributed by atoms with Crippen LogP contribution in [0.25, 0.3) is 0 Å². The normalized spacial score (nSPS) is 10.4. The Hall–Kier alpha value is -2.80. The van der Waals surface area contributed by atoms with E-state index in [9.17, 15) is 9.18 Å². The molecule has 0 bridgehead atoms. The molecule has 1 N–H and O–H groups in total. The highest BCUT2D eigenvalue weighted by molar-refractivity contribution is 5.69. The van der Waals surface area contributed by atoms with Gasteiger partial charge in [0.05, 0.1) is 6.61 Å². The number of hydrogen-bond donors (Lipinski definition) is 1. The van der Waals surface area contributed by atoms with Gasteiger partial charge in [-0.25, -0.2) is 4.39 Å². The summed E-state index contributed by atoms with van der Waals surface area (Å²) in [5, 5.41) is 3.48. The molecule has 0 atom stereocenters. The van der Waals surface area contributed by atoms with Gasteiger partial charge in [0.2, 0.25) is 0 Å². The van der Waals surface area contributed by atoms with E-state index in [1.54, 1.807) is 12.1 Å². The number of carbonyl (C=O) groups excluding carboxylic acids is 1. The van der Waals surface area contributed by atoms with Crippen LogP contribution < -0.4 is 5.32 Å². The number of ether oxygens (including phenoxy) is 1. The van der Waals surface area contributed by atoms with Crippen LogP contribution in [0.1, 0.15) is 82.3 Å². The van der Waals surface area contributed by atoms with Crippen LogP contribution in [0.4, 0.5) is 10.1 Å². The van der Waals surface area contributed by atoms with Crippen LogP contribution in [0.3, 0.4) is 0 Å². The van der Waals surface area contributed by atoms with Gasteiger partial charge in [-0.15, -0.1) is 0 Å². The molecule has 0 aliphatic carbocycles. The summed E-state index contributed by atoms with van der Waals surface area (Å²) in [5.41, 5.74) is 3.18. The second-order valence-corrected chi connectivity index (χ2v) is 8.32. The number of anilines is 1. The molecule has 0 saturated carbocycles. The zero-order chi connectivity index (χ0) is 23.6. The Morgan fingerprint density at radius 2 is 1.52 bits per heavy atom. The van der Waals surface area contributed by atoms with Crippen LogP contribution in [-0.2, 0) is 16.0 Å². The summed E-state index contributed by atoms with van der Waals surface area (Å²) >= 11 is 0. The van der Waals surface area contributed by atoms with Gasteiger partial charge in [0.25, 0.3) is 0 Å². The molecular weight excluding hydrogens is 413 g/mol. The number of carbonyl (C=O) groups is 1. The molecule has 4 heteroatoms. The van der Waals surface area contributed by atoms with Crippen molar-refractivity contribution in [1.82, 2.24) is 0 Å². The Morgan fingerprint density at radius 1 is 0.879 bits per heavy atom. The lowest BCUT2D eigenvalue weighted by molar-refractivity contribution is -0.143. The maximum absolute atomic E-state index is 12.8. The maximum Gasteiger partial charge on any atom is 0.306 e. The number of rotatable bonds is 15. The number of halogens is 1. The number of aryl methyl sites for hydroxylation is 1. The SMILES string of the molecule is CCOC(=O)CCc1ccc(NCCCCCCCCCCC#Cc2ccc(F)cc2)cc1. The molecule has 2 aromatic carbocycles. The molecule has 0 unspecified atom stereocenters. The summed E-state index contributed by atoms with van der Waals surface area (Å²) in [6.45, 7) is 3.27. The molecule has 0 aromatic heterocycles. The molecule has 0 saturated heterocycles. The first kappa shape index (κ1) is 26.5. The Bertz CT molecular complexity index is 850. The fourth-order valence-corrected chi connectivity index (χ4v) is 3.60. The predicted octanol–water partition coefficient (Wildman–Crippen LogP) is 7.30. The van der Waals surface area contributed by atoms with Gasteiger partial charge in [0, 0.05) is 30.6 Å². The highest BCUT2D eigenvalue weighted by atomic mass is 19.1. The fraction of sp³-hybridized carbons (Fsp3) is 0.483. The first-order chi connectivity index (χ1) is 16.2. The minimum atomic E-state index is -0.216. The van der Waals surface area contributed by atoms with Gasteiger partial charge in [0.1, 0.15) is 5.82 Å². The van der Waals surface area contributed by atoms with E-state index in [1.165, 1.54) is 57.1 Å². The van der Waals surface area contributed by atoms with Gasteiger partial charge < -0.3 is 10.1 Å². The highest BCUT2D eigenvalue weighted by Crippen LogP contribution is 2.13. The van der Waals surface area contributed by atoms with E-state index in [0.717, 1.165) is 42.6 Å². The molecule has 178 valence electrons. The van der Waals surface area contributed by atoms with Gasteiger partial charge in [-0.1, -0.05) is 62.5 Å². The van der Waals surface area contributed by atoms with E-state index in [2.05, 4.69) is 41.4 Å². The Kier molecular flexibility index (Phi) is 13.5. The van der Waals surface area contributed by atoms with Crippen molar-refractivity contribution in [2.75, 3.05) is 18.5 Å². The van der Waals surface area contributed by atoms with E-state index in [4.69, 9.17) is 4.74 Å². The summed E-state index contributed by atoms with van der Waals surface area (Å²) in [6, 6.07) is 14.7. The van der Waals surface area contributed by atoms with Gasteiger partial charge in [-0.3, -0.25) is 4.79 Å². The fourth-order valence-electron chi connectivity index (χ4n) is 3.60. The first-order valence-electron chi connectivity index (χ1n) is 12.4. The van der Waals surface area contributed by atoms with E-state index in [-0.39, 0.29) is 11.8 Å². The van der Waals surface area contributed by atoms with Crippen molar-refractivity contribution in [3.8, 4) is 11.8 Å². The van der Waals surface area contributed by atoms with Crippen molar-refractivity contribution in [3.05, 3.63) is 65.5 Å². The summed E-state index contributed by atoms with van der Waals surface area (Å²) in [5.74, 6) is 5.92. The van der Waals surface area contributed by atoms with Crippen LogP contribution >= 0.6 is 0 Å². The van der Waals surface area contributed by atoms with Crippen molar-refractivity contribution in [1.29, 1.82) is 0 Å². The first-order valence-corrected chi connectivity index (χ1v) is 12.4. The van der Waals surface area contributed by atoms with Crippen molar-refractivity contribution < 1.29 is 13.9 Å². The molecule has 2 rings (SSSR count). The Labute approximate surface area is 199 Å². The van der Waals surface area contributed by atoms with Crippen LogP contribution in [0.15, 0.2) is 48.5 Å². The molecular formula is C29H38FNO2. The second kappa shape index (κ2) is 16.8. The predicted molar refractivity (Wildman–Crippen MR) is 135 cm³/mol. The van der Waals surface area contributed by atoms with E-state index in [1.807, 2.05) is 6.92 Å². The molecule has 0 amide bonds. The summed E-state index contributed by atoms with van der Waals surface area (Å²) in [4.78, 5) is 11.4. The highest BCUT2D eigenvalue weighted by Gasteiger charge is 2.02. The van der Waals surface area contributed by atoms with E-state index >= 15 is 0 Å². The number of unbranched alkanes of at least 4 members (excludes halogenated alkanes) is 8. The topological polar surface area (TPSA) is 38.3 Å². The molecule has 0 radical (unpaired) electrons. The molecule has 0 aliphatic heterocycles. The van der Waals surface area contributed by atoms with Gasteiger partial charge in [0.15, 0.2) is 0 Å². The molecule has 0 spiro atoms. The lowest BCUT2D eigenvalue weighted by Gasteiger charge is -2.08. The third-order valence-electron chi connectivity index (χ3n) is 5.51. The second-order valence-electron chi connectivity index (χ2n) is 8.32. The lowest BCUT2D eigenvalue weighted by Crippen LogP contribution is -2.05. The summed E-state index contributed by atoms with van der Waals surface area (Å²) in [6.07, 6.45) is 12.1. The average molecular weight is 452 g/mol. The molecule has 2 aromatic rings. The Morgan fingerprint density at radius 3 is 2.18 bits per heavy atom. The number of nitrogens with one attached hydrogen (secondary N) is 1. The third kappa shape index (κ3) is 12.7. The smallest absolute Gasteiger partial charge is 0.306 e. The van der Waals surface area contributed by atoms with Gasteiger partial charge >= 0.3 is 5.97 Å². The van der Waals surface area contributed by atoms with Crippen molar-refractivity contribution >= 4 is 11.7 Å². The molecule has 33 heavy (non-hydrogen) atoms. The zero-order valence-electron chi connectivity index (χ0n) is 20.0. The largest absolute Gasteiger partial charge is 0.466 e. The molecule has 3 nitrogen and oxygen atoms in total. The molecule has 0 aliphatic rings. The molecule has 0 heterocycles. The van der Waals surface area contributed by atoms with Crippen LogP contribution in [0.2, 0.25) is 0 Å². The van der Waals surface area contributed by atoms with Crippen LogP contribution in [0.5, 0.6) is 0 Å². The van der Waals surface area contributed by atoms with E-state index < -0.39 is 0 Å². The van der Waals surface area contributed by atoms with Crippen LogP contribution in [-0.4, -0.2) is 19.1 Å². The molecule has 0 fully saturated rings. The van der Waals surface area contributed by atoms with Crippen molar-refractivity contribution in [2.45, 2.75) is 77.6 Å². The van der Waals surface area contributed by atoms with Crippen molar-refractivity contribution in [3.63, 3.8) is 0 Å². The summed E-state index contributed by atoms with van der Waals surface area (Å²) in [7, 11) is 0. The Balaban J connectivity index is 1.40. The zero-order valence-corrected chi connectivity index (χ0v) is 20.0. The van der Waals surface area contributed by atoms with Crippen LogP contribution in [0, 0.1) is 17.7 Å². The number of benzene rings is 2. The minimum Gasteiger partial charge on any atom is -0.466 e. The monoisotopic (exact) mass is 451 g/mol. The quantitative estimate of drug-likeness (QED) is 0.175. The third-order valence-corrected chi connectivity index (χ3v) is 5.51. The minimum absolute atomic E-state index is 0.132.